The summed E-state index contributed by atoms with van der Waals surface area (Å²) in [5.74, 6) is 0.345. The minimum absolute atomic E-state index is 0.0820. The molecular weight excluding hydrogens is 164 g/mol. The molecule has 3 nitrogen and oxygen atoms in total. The molecule has 0 amide bonds. The highest BCUT2D eigenvalue weighted by atomic mass is 16.3. The number of rotatable bonds is 2. The fourth-order valence-corrected chi connectivity index (χ4v) is 1.89. The van der Waals surface area contributed by atoms with Gasteiger partial charge in [0.05, 0.1) is 12.6 Å². The molecule has 2 aliphatic rings. The van der Waals surface area contributed by atoms with Crippen molar-refractivity contribution in [3.05, 3.63) is 35.6 Å². The summed E-state index contributed by atoms with van der Waals surface area (Å²) in [5.41, 5.74) is 7.75. The van der Waals surface area contributed by atoms with Crippen molar-refractivity contribution in [1.29, 1.82) is 0 Å². The quantitative estimate of drug-likeness (QED) is 0.553. The summed E-state index contributed by atoms with van der Waals surface area (Å²) in [6, 6.07) is 0.297. The van der Waals surface area contributed by atoms with Crippen LogP contribution < -0.4 is 11.1 Å². The molecule has 1 aliphatic heterocycles. The predicted molar refractivity (Wildman–Crippen MR) is 51.9 cm³/mol. The van der Waals surface area contributed by atoms with Crippen LogP contribution in [0, 0.1) is 5.92 Å². The molecule has 4 N–H and O–H groups in total. The Labute approximate surface area is 77.6 Å². The maximum absolute atomic E-state index is 8.97. The summed E-state index contributed by atoms with van der Waals surface area (Å²) in [7, 11) is 0. The number of hydrogen-bond acceptors (Lipinski definition) is 3. The largest absolute Gasteiger partial charge is 0.390 e. The molecule has 0 aromatic heterocycles. The minimum atomic E-state index is 0.0820. The topological polar surface area (TPSA) is 58.3 Å². The van der Waals surface area contributed by atoms with E-state index in [-0.39, 0.29) is 6.61 Å². The Hall–Kier alpha value is -1.06. The highest BCUT2D eigenvalue weighted by Crippen LogP contribution is 2.27. The van der Waals surface area contributed by atoms with Crippen LogP contribution in [0.4, 0.5) is 0 Å². The third-order valence-electron chi connectivity index (χ3n) is 2.58. The lowest BCUT2D eigenvalue weighted by atomic mass is 9.89. The van der Waals surface area contributed by atoms with Crippen LogP contribution >= 0.6 is 0 Å². The van der Waals surface area contributed by atoms with E-state index in [1.807, 2.05) is 6.08 Å². The van der Waals surface area contributed by atoms with Crippen LogP contribution in [0.15, 0.2) is 35.6 Å². The van der Waals surface area contributed by atoms with Gasteiger partial charge in [0.25, 0.3) is 0 Å². The number of allylic oxidation sites excluding steroid dienone is 2. The van der Waals surface area contributed by atoms with Crippen LogP contribution in [0.25, 0.3) is 0 Å². The maximum Gasteiger partial charge on any atom is 0.0824 e. The SMILES string of the molecule is NCC1=CC=CC2NC(CO)=CC12. The second-order valence-electron chi connectivity index (χ2n) is 3.38. The van der Waals surface area contributed by atoms with Crippen molar-refractivity contribution < 1.29 is 5.11 Å². The van der Waals surface area contributed by atoms with Crippen LogP contribution in [0.5, 0.6) is 0 Å². The Morgan fingerprint density at radius 1 is 1.54 bits per heavy atom. The molecule has 0 aromatic rings. The number of aliphatic hydroxyl groups excluding tert-OH is 1. The van der Waals surface area contributed by atoms with Crippen LogP contribution in [0.2, 0.25) is 0 Å². The summed E-state index contributed by atoms with van der Waals surface area (Å²) in [4.78, 5) is 0. The monoisotopic (exact) mass is 178 g/mol. The molecule has 0 saturated carbocycles. The third kappa shape index (κ3) is 1.41. The van der Waals surface area contributed by atoms with E-state index in [1.54, 1.807) is 0 Å². The number of nitrogens with one attached hydrogen (secondary N) is 1. The van der Waals surface area contributed by atoms with Gasteiger partial charge in [-0.3, -0.25) is 0 Å². The van der Waals surface area contributed by atoms with Gasteiger partial charge in [-0.05, 0) is 5.57 Å². The van der Waals surface area contributed by atoms with Crippen LogP contribution in [0.1, 0.15) is 0 Å². The Kier molecular flexibility index (Phi) is 2.20. The fraction of sp³-hybridized carbons (Fsp3) is 0.400. The molecule has 0 saturated heterocycles. The maximum atomic E-state index is 8.97. The molecule has 3 heteroatoms. The average Bonchev–Trinajstić information content (AvgIpc) is 2.59. The number of aliphatic hydroxyl groups is 1. The molecule has 70 valence electrons. The highest BCUT2D eigenvalue weighted by Gasteiger charge is 2.28. The standard InChI is InChI=1S/C10H14N2O/c11-5-7-2-1-3-10-9(7)4-8(6-13)12-10/h1-4,9-10,12-13H,5-6,11H2. The molecule has 2 atom stereocenters. The van der Waals surface area contributed by atoms with E-state index < -0.39 is 0 Å². The minimum Gasteiger partial charge on any atom is -0.390 e. The zero-order chi connectivity index (χ0) is 9.26. The molecule has 1 aliphatic carbocycles. The van der Waals surface area contributed by atoms with E-state index in [2.05, 4.69) is 23.5 Å². The average molecular weight is 178 g/mol. The van der Waals surface area contributed by atoms with Gasteiger partial charge in [0, 0.05) is 18.2 Å². The van der Waals surface area contributed by atoms with Gasteiger partial charge in [-0.25, -0.2) is 0 Å². The molecule has 2 unspecified atom stereocenters. The lowest BCUT2D eigenvalue weighted by molar-refractivity contribution is 0.322. The molecule has 0 spiro atoms. The Balaban J connectivity index is 2.22. The van der Waals surface area contributed by atoms with Gasteiger partial charge in [-0.15, -0.1) is 0 Å². The Morgan fingerprint density at radius 3 is 3.08 bits per heavy atom. The second kappa shape index (κ2) is 3.36. The summed E-state index contributed by atoms with van der Waals surface area (Å²) in [5, 5.41) is 12.2. The summed E-state index contributed by atoms with van der Waals surface area (Å²) in [6.07, 6.45) is 8.24. The van der Waals surface area contributed by atoms with E-state index in [4.69, 9.17) is 10.8 Å². The van der Waals surface area contributed by atoms with Crippen LogP contribution in [-0.2, 0) is 0 Å². The summed E-state index contributed by atoms with van der Waals surface area (Å²) >= 11 is 0. The lowest BCUT2D eigenvalue weighted by Gasteiger charge is -2.21. The van der Waals surface area contributed by atoms with Crippen LogP contribution in [-0.4, -0.2) is 24.3 Å². The van der Waals surface area contributed by atoms with Gasteiger partial charge in [0.15, 0.2) is 0 Å². The Bertz CT molecular complexity index is 291. The van der Waals surface area contributed by atoms with Crippen molar-refractivity contribution in [2.45, 2.75) is 6.04 Å². The van der Waals surface area contributed by atoms with E-state index in [1.165, 1.54) is 5.57 Å². The van der Waals surface area contributed by atoms with Crippen molar-refractivity contribution in [1.82, 2.24) is 5.32 Å². The van der Waals surface area contributed by atoms with Crippen molar-refractivity contribution in [2.24, 2.45) is 11.7 Å². The number of hydrogen-bond donors (Lipinski definition) is 3. The Morgan fingerprint density at radius 2 is 2.38 bits per heavy atom. The van der Waals surface area contributed by atoms with E-state index in [0.717, 1.165) is 5.70 Å². The first-order valence-electron chi connectivity index (χ1n) is 4.50. The van der Waals surface area contributed by atoms with Crippen molar-refractivity contribution in [3.63, 3.8) is 0 Å². The van der Waals surface area contributed by atoms with E-state index in [9.17, 15) is 0 Å². The van der Waals surface area contributed by atoms with Crippen molar-refractivity contribution >= 4 is 0 Å². The molecule has 0 aromatic carbocycles. The molecule has 2 rings (SSSR count). The van der Waals surface area contributed by atoms with Gasteiger partial charge >= 0.3 is 0 Å². The first kappa shape index (κ1) is 8.53. The van der Waals surface area contributed by atoms with Crippen molar-refractivity contribution in [2.75, 3.05) is 13.2 Å². The van der Waals surface area contributed by atoms with Gasteiger partial charge in [0.1, 0.15) is 0 Å². The fourth-order valence-electron chi connectivity index (χ4n) is 1.89. The highest BCUT2D eigenvalue weighted by molar-refractivity contribution is 5.35. The summed E-state index contributed by atoms with van der Waals surface area (Å²) < 4.78 is 0. The normalized spacial score (nSPS) is 30.6. The lowest BCUT2D eigenvalue weighted by Crippen LogP contribution is -2.31. The first-order valence-corrected chi connectivity index (χ1v) is 4.50. The van der Waals surface area contributed by atoms with Gasteiger partial charge in [-0.1, -0.05) is 24.3 Å². The molecular formula is C10H14N2O. The number of nitrogens with two attached hydrogens (primary N) is 1. The molecule has 0 bridgehead atoms. The number of fused-ring (bicyclic) bond motifs is 1. The predicted octanol–water partition coefficient (Wildman–Crippen LogP) is -0.0945. The second-order valence-corrected chi connectivity index (χ2v) is 3.38. The van der Waals surface area contributed by atoms with E-state index >= 15 is 0 Å². The zero-order valence-corrected chi connectivity index (χ0v) is 7.40. The van der Waals surface area contributed by atoms with Crippen molar-refractivity contribution in [3.8, 4) is 0 Å². The van der Waals surface area contributed by atoms with Gasteiger partial charge in [-0.2, -0.15) is 0 Å². The first-order chi connectivity index (χ1) is 6.35. The van der Waals surface area contributed by atoms with E-state index in [0.29, 0.717) is 18.5 Å². The molecule has 1 heterocycles. The molecule has 0 radical (unpaired) electrons. The molecule has 0 fully saturated rings. The molecule has 13 heavy (non-hydrogen) atoms. The zero-order valence-electron chi connectivity index (χ0n) is 7.40. The van der Waals surface area contributed by atoms with Gasteiger partial charge < -0.3 is 16.2 Å². The van der Waals surface area contributed by atoms with Crippen LogP contribution in [0.3, 0.4) is 0 Å². The smallest absolute Gasteiger partial charge is 0.0824 e. The van der Waals surface area contributed by atoms with Gasteiger partial charge in [0.2, 0.25) is 0 Å². The summed E-state index contributed by atoms with van der Waals surface area (Å²) in [6.45, 7) is 0.668. The third-order valence-corrected chi connectivity index (χ3v) is 2.58.